The van der Waals surface area contributed by atoms with Crippen LogP contribution in [0, 0.1) is 0 Å². The quantitative estimate of drug-likeness (QED) is 0.912. The molecule has 0 atom stereocenters. The highest BCUT2D eigenvalue weighted by atomic mass is 32.2. The number of aryl methyl sites for hydroxylation is 1. The molecule has 0 unspecified atom stereocenters. The third-order valence-electron chi connectivity index (χ3n) is 3.36. The standard InChI is InChI=1S/C13H15N3O2S/c17-19(18,13-9-14-10-15-13)16-8-4-3-6-11-5-1-2-7-12(11)16/h1-2,5,7,9-10H,3-4,6,8H2,(H,14,15). The number of fused-ring (bicyclic) bond motifs is 1. The molecule has 6 heteroatoms. The van der Waals surface area contributed by atoms with Crippen molar-refractivity contribution in [1.82, 2.24) is 9.97 Å². The highest BCUT2D eigenvalue weighted by Crippen LogP contribution is 2.30. The lowest BCUT2D eigenvalue weighted by atomic mass is 10.1. The molecule has 2 aromatic rings. The van der Waals surface area contributed by atoms with Gasteiger partial charge in [0.05, 0.1) is 18.2 Å². The molecule has 19 heavy (non-hydrogen) atoms. The molecule has 0 radical (unpaired) electrons. The van der Waals surface area contributed by atoms with Crippen LogP contribution in [0.2, 0.25) is 0 Å². The van der Waals surface area contributed by atoms with Crippen LogP contribution in [0.5, 0.6) is 0 Å². The topological polar surface area (TPSA) is 66.1 Å². The third kappa shape index (κ3) is 2.12. The molecule has 0 bridgehead atoms. The molecule has 0 amide bonds. The highest BCUT2D eigenvalue weighted by molar-refractivity contribution is 7.92. The van der Waals surface area contributed by atoms with Crippen molar-refractivity contribution in [3.8, 4) is 0 Å². The van der Waals surface area contributed by atoms with Gasteiger partial charge in [-0.15, -0.1) is 0 Å². The summed E-state index contributed by atoms with van der Waals surface area (Å²) in [5.74, 6) is 0. The molecule has 1 aromatic carbocycles. The van der Waals surface area contributed by atoms with Crippen molar-refractivity contribution in [3.63, 3.8) is 0 Å². The summed E-state index contributed by atoms with van der Waals surface area (Å²) >= 11 is 0. The summed E-state index contributed by atoms with van der Waals surface area (Å²) in [4.78, 5) is 6.49. The Morgan fingerprint density at radius 3 is 2.84 bits per heavy atom. The van der Waals surface area contributed by atoms with Gasteiger partial charge in [0, 0.05) is 6.54 Å². The summed E-state index contributed by atoms with van der Waals surface area (Å²) in [6.45, 7) is 0.512. The smallest absolute Gasteiger partial charge is 0.281 e. The zero-order valence-electron chi connectivity index (χ0n) is 10.4. The van der Waals surface area contributed by atoms with E-state index in [1.807, 2.05) is 24.3 Å². The van der Waals surface area contributed by atoms with Crippen LogP contribution in [-0.4, -0.2) is 24.9 Å². The van der Waals surface area contributed by atoms with E-state index in [-0.39, 0.29) is 5.03 Å². The van der Waals surface area contributed by atoms with Gasteiger partial charge in [0.2, 0.25) is 0 Å². The minimum Gasteiger partial charge on any atom is -0.334 e. The van der Waals surface area contributed by atoms with E-state index in [2.05, 4.69) is 9.97 Å². The van der Waals surface area contributed by atoms with E-state index >= 15 is 0 Å². The Morgan fingerprint density at radius 1 is 1.21 bits per heavy atom. The minimum absolute atomic E-state index is 0.143. The van der Waals surface area contributed by atoms with Gasteiger partial charge in [0.1, 0.15) is 0 Å². The Hall–Kier alpha value is -1.82. The fourth-order valence-corrected chi connectivity index (χ4v) is 3.85. The van der Waals surface area contributed by atoms with Crippen molar-refractivity contribution in [1.29, 1.82) is 0 Å². The molecule has 2 heterocycles. The molecule has 0 spiro atoms. The summed E-state index contributed by atoms with van der Waals surface area (Å²) in [7, 11) is -3.54. The molecule has 0 saturated carbocycles. The van der Waals surface area contributed by atoms with Crippen LogP contribution < -0.4 is 4.31 Å². The van der Waals surface area contributed by atoms with E-state index in [1.54, 1.807) is 0 Å². The number of benzene rings is 1. The van der Waals surface area contributed by atoms with Crippen LogP contribution in [0.25, 0.3) is 0 Å². The molecule has 3 rings (SSSR count). The fraction of sp³-hybridized carbons (Fsp3) is 0.308. The Labute approximate surface area is 112 Å². The van der Waals surface area contributed by atoms with Gasteiger partial charge < -0.3 is 4.98 Å². The summed E-state index contributed by atoms with van der Waals surface area (Å²) in [6.07, 6.45) is 5.53. The van der Waals surface area contributed by atoms with Crippen molar-refractivity contribution in [2.45, 2.75) is 24.3 Å². The van der Waals surface area contributed by atoms with Crippen LogP contribution in [0.15, 0.2) is 41.8 Å². The molecule has 0 aliphatic carbocycles. The van der Waals surface area contributed by atoms with Gasteiger partial charge in [-0.2, -0.15) is 8.42 Å². The molecule has 1 N–H and O–H groups in total. The number of aromatic amines is 1. The third-order valence-corrected chi connectivity index (χ3v) is 5.10. The van der Waals surface area contributed by atoms with Crippen molar-refractivity contribution < 1.29 is 8.42 Å². The van der Waals surface area contributed by atoms with Crippen molar-refractivity contribution in [2.24, 2.45) is 0 Å². The second kappa shape index (κ2) is 4.70. The van der Waals surface area contributed by atoms with E-state index < -0.39 is 10.0 Å². The predicted molar refractivity (Wildman–Crippen MR) is 72.5 cm³/mol. The first-order chi connectivity index (χ1) is 9.19. The Bertz CT molecular complexity index is 665. The lowest BCUT2D eigenvalue weighted by Gasteiger charge is -2.23. The number of para-hydroxylation sites is 1. The molecular formula is C13H15N3O2S. The van der Waals surface area contributed by atoms with E-state index in [0.717, 1.165) is 30.5 Å². The molecule has 1 aliphatic rings. The predicted octanol–water partition coefficient (Wildman–Crippen LogP) is 1.94. The maximum atomic E-state index is 12.6. The number of rotatable bonds is 2. The van der Waals surface area contributed by atoms with Gasteiger partial charge in [0.15, 0.2) is 5.03 Å². The van der Waals surface area contributed by atoms with E-state index in [0.29, 0.717) is 6.54 Å². The highest BCUT2D eigenvalue weighted by Gasteiger charge is 2.28. The molecule has 1 aliphatic heterocycles. The summed E-state index contributed by atoms with van der Waals surface area (Å²) in [5, 5.41) is 0.143. The first kappa shape index (κ1) is 12.2. The number of imidazole rings is 1. The van der Waals surface area contributed by atoms with E-state index in [4.69, 9.17) is 0 Å². The number of sulfonamides is 1. The largest absolute Gasteiger partial charge is 0.334 e. The van der Waals surface area contributed by atoms with Gasteiger partial charge in [-0.1, -0.05) is 18.2 Å². The van der Waals surface area contributed by atoms with Gasteiger partial charge in [-0.3, -0.25) is 4.31 Å². The molecular weight excluding hydrogens is 262 g/mol. The monoisotopic (exact) mass is 277 g/mol. The molecule has 100 valence electrons. The second-order valence-corrected chi connectivity index (χ2v) is 6.41. The fourth-order valence-electron chi connectivity index (χ4n) is 2.41. The Balaban J connectivity index is 2.10. The van der Waals surface area contributed by atoms with Crippen molar-refractivity contribution >= 4 is 15.7 Å². The molecule has 1 aromatic heterocycles. The number of anilines is 1. The zero-order chi connectivity index (χ0) is 13.3. The maximum Gasteiger partial charge on any atom is 0.281 e. The minimum atomic E-state index is -3.54. The Kier molecular flexibility index (Phi) is 3.02. The van der Waals surface area contributed by atoms with Gasteiger partial charge in [-0.25, -0.2) is 4.98 Å². The number of nitrogens with one attached hydrogen (secondary N) is 1. The number of aromatic nitrogens is 2. The van der Waals surface area contributed by atoms with Crippen LogP contribution in [0.3, 0.4) is 0 Å². The van der Waals surface area contributed by atoms with Crippen LogP contribution in [-0.2, 0) is 16.4 Å². The number of hydrogen-bond acceptors (Lipinski definition) is 3. The number of hydrogen-bond donors (Lipinski definition) is 1. The number of nitrogens with zero attached hydrogens (tertiary/aromatic N) is 2. The lowest BCUT2D eigenvalue weighted by Crippen LogP contribution is -2.32. The van der Waals surface area contributed by atoms with Crippen molar-refractivity contribution in [2.75, 3.05) is 10.8 Å². The summed E-state index contributed by atoms with van der Waals surface area (Å²) < 4.78 is 26.7. The molecule has 0 fully saturated rings. The molecule has 5 nitrogen and oxygen atoms in total. The van der Waals surface area contributed by atoms with Gasteiger partial charge in [-0.05, 0) is 30.9 Å². The van der Waals surface area contributed by atoms with Crippen LogP contribution in [0.1, 0.15) is 18.4 Å². The average Bonchev–Trinajstić information content (AvgIpc) is 2.86. The van der Waals surface area contributed by atoms with E-state index in [9.17, 15) is 8.42 Å². The first-order valence-corrected chi connectivity index (χ1v) is 7.72. The van der Waals surface area contributed by atoms with E-state index in [1.165, 1.54) is 16.8 Å². The number of H-pyrrole nitrogens is 1. The maximum absolute atomic E-state index is 12.6. The van der Waals surface area contributed by atoms with Crippen LogP contribution in [0.4, 0.5) is 5.69 Å². The van der Waals surface area contributed by atoms with Gasteiger partial charge >= 0.3 is 0 Å². The average molecular weight is 277 g/mol. The van der Waals surface area contributed by atoms with Gasteiger partial charge in [0.25, 0.3) is 10.0 Å². The SMILES string of the molecule is O=S(=O)(c1cnc[nH]1)N1CCCCc2ccccc21. The van der Waals surface area contributed by atoms with Crippen molar-refractivity contribution in [3.05, 3.63) is 42.4 Å². The second-order valence-electron chi connectivity index (χ2n) is 4.58. The Morgan fingerprint density at radius 2 is 2.05 bits per heavy atom. The lowest BCUT2D eigenvalue weighted by molar-refractivity contribution is 0.586. The summed E-state index contributed by atoms with van der Waals surface area (Å²) in [5.41, 5.74) is 1.87. The zero-order valence-corrected chi connectivity index (χ0v) is 11.2. The first-order valence-electron chi connectivity index (χ1n) is 6.28. The normalized spacial score (nSPS) is 15.9. The molecule has 0 saturated heterocycles. The van der Waals surface area contributed by atoms with Crippen LogP contribution >= 0.6 is 0 Å². The summed E-state index contributed by atoms with van der Waals surface area (Å²) in [6, 6.07) is 7.69.